The molecular weight excluding hydrogens is 368 g/mol. The molecule has 140 valence electrons. The van der Waals surface area contributed by atoms with Crippen LogP contribution in [-0.2, 0) is 0 Å². The monoisotopic (exact) mass is 386 g/mol. The van der Waals surface area contributed by atoms with E-state index in [1.165, 1.54) is 13.4 Å². The average Bonchev–Trinajstić information content (AvgIpc) is 2.67. The van der Waals surface area contributed by atoms with Crippen LogP contribution in [0.3, 0.4) is 0 Å². The Labute approximate surface area is 161 Å². The van der Waals surface area contributed by atoms with Gasteiger partial charge in [-0.3, -0.25) is 0 Å². The van der Waals surface area contributed by atoms with Gasteiger partial charge in [-0.05, 0) is 24.6 Å². The van der Waals surface area contributed by atoms with Crippen LogP contribution in [0.4, 0.5) is 28.8 Å². The molecule has 0 radical (unpaired) electrons. The van der Waals surface area contributed by atoms with Crippen molar-refractivity contribution in [3.63, 3.8) is 0 Å². The second-order valence-corrected chi connectivity index (χ2v) is 6.05. The number of methoxy groups -OCH3 is 2. The summed E-state index contributed by atoms with van der Waals surface area (Å²) in [4.78, 5) is 12.7. The van der Waals surface area contributed by atoms with E-state index in [4.69, 9.17) is 26.8 Å². The van der Waals surface area contributed by atoms with Gasteiger partial charge >= 0.3 is 0 Å². The van der Waals surface area contributed by atoms with Crippen LogP contribution in [0, 0.1) is 6.92 Å². The molecule has 0 bridgehead atoms. The molecule has 2 heterocycles. The van der Waals surface area contributed by atoms with E-state index in [0.29, 0.717) is 45.4 Å². The smallest absolute Gasteiger partial charge is 0.160 e. The molecule has 4 N–H and O–H groups in total. The zero-order valence-corrected chi connectivity index (χ0v) is 15.8. The Bertz CT molecular complexity index is 949. The maximum Gasteiger partial charge on any atom is 0.160 e. The first-order valence-corrected chi connectivity index (χ1v) is 8.38. The first-order valence-electron chi connectivity index (χ1n) is 8.00. The number of nitrogens with zero attached hydrogens (tertiary/aromatic N) is 3. The van der Waals surface area contributed by atoms with Gasteiger partial charge in [-0.25, -0.2) is 15.0 Å². The zero-order chi connectivity index (χ0) is 19.4. The van der Waals surface area contributed by atoms with Crippen LogP contribution < -0.4 is 25.8 Å². The number of ether oxygens (including phenoxy) is 2. The van der Waals surface area contributed by atoms with Gasteiger partial charge in [0.25, 0.3) is 0 Å². The Morgan fingerprint density at radius 1 is 0.963 bits per heavy atom. The van der Waals surface area contributed by atoms with Crippen molar-refractivity contribution in [1.82, 2.24) is 15.0 Å². The van der Waals surface area contributed by atoms with Crippen molar-refractivity contribution in [3.8, 4) is 11.5 Å². The van der Waals surface area contributed by atoms with Crippen molar-refractivity contribution < 1.29 is 9.47 Å². The first kappa shape index (κ1) is 18.5. The third-order valence-electron chi connectivity index (χ3n) is 3.77. The number of hydrogen-bond donors (Lipinski definition) is 3. The Hall–Kier alpha value is -3.26. The molecule has 0 aliphatic heterocycles. The highest BCUT2D eigenvalue weighted by Crippen LogP contribution is 2.38. The molecule has 0 fully saturated rings. The minimum absolute atomic E-state index is 0.328. The molecule has 0 saturated heterocycles. The van der Waals surface area contributed by atoms with E-state index in [9.17, 15) is 0 Å². The van der Waals surface area contributed by atoms with E-state index in [0.717, 1.165) is 5.56 Å². The molecule has 0 spiro atoms. The molecule has 27 heavy (non-hydrogen) atoms. The summed E-state index contributed by atoms with van der Waals surface area (Å²) in [5, 5.41) is 6.62. The Morgan fingerprint density at radius 2 is 1.67 bits per heavy atom. The maximum atomic E-state index is 6.22. The van der Waals surface area contributed by atoms with Crippen molar-refractivity contribution in [2.24, 2.45) is 0 Å². The van der Waals surface area contributed by atoms with Gasteiger partial charge in [-0.2, -0.15) is 0 Å². The summed E-state index contributed by atoms with van der Waals surface area (Å²) < 4.78 is 10.6. The molecule has 9 heteroatoms. The number of aryl methyl sites for hydroxylation is 1. The van der Waals surface area contributed by atoms with Crippen molar-refractivity contribution in [2.75, 3.05) is 30.6 Å². The van der Waals surface area contributed by atoms with Gasteiger partial charge in [-0.15, -0.1) is 0 Å². The summed E-state index contributed by atoms with van der Waals surface area (Å²) in [5.74, 6) is 2.50. The van der Waals surface area contributed by atoms with Gasteiger partial charge in [-0.1, -0.05) is 17.7 Å². The maximum absolute atomic E-state index is 6.22. The van der Waals surface area contributed by atoms with Crippen LogP contribution in [0.25, 0.3) is 0 Å². The standard InChI is InChI=1S/C18H19ClN6O2/c1-10-4-5-15(21-8-10)25-18-16(20)17(22-9-23-18)24-12-6-11(19)13(26-2)7-14(12)27-3/h4-9H,20H2,1-3H3,(H2,21,22,23,24,25). The number of aromatic nitrogens is 3. The molecule has 8 nitrogen and oxygen atoms in total. The first-order chi connectivity index (χ1) is 13.0. The van der Waals surface area contributed by atoms with Crippen LogP contribution in [-0.4, -0.2) is 29.2 Å². The zero-order valence-electron chi connectivity index (χ0n) is 15.1. The summed E-state index contributed by atoms with van der Waals surface area (Å²) in [5.41, 5.74) is 8.19. The molecule has 0 unspecified atom stereocenters. The lowest BCUT2D eigenvalue weighted by Gasteiger charge is -2.15. The normalized spacial score (nSPS) is 10.4. The molecule has 3 rings (SSSR count). The predicted molar refractivity (Wildman–Crippen MR) is 107 cm³/mol. The van der Waals surface area contributed by atoms with E-state index in [1.54, 1.807) is 25.4 Å². The van der Waals surface area contributed by atoms with Gasteiger partial charge in [0.1, 0.15) is 29.3 Å². The number of rotatable bonds is 6. The summed E-state index contributed by atoms with van der Waals surface area (Å²) in [6.07, 6.45) is 3.15. The molecule has 1 aromatic carbocycles. The summed E-state index contributed by atoms with van der Waals surface area (Å²) in [6, 6.07) is 7.14. The van der Waals surface area contributed by atoms with Gasteiger partial charge < -0.3 is 25.8 Å². The predicted octanol–water partition coefficient (Wildman–Crippen LogP) is 3.92. The Morgan fingerprint density at radius 3 is 2.30 bits per heavy atom. The van der Waals surface area contributed by atoms with Crippen molar-refractivity contribution >= 4 is 40.4 Å². The molecule has 0 saturated carbocycles. The number of anilines is 5. The van der Waals surface area contributed by atoms with Gasteiger partial charge in [0, 0.05) is 12.3 Å². The second-order valence-electron chi connectivity index (χ2n) is 5.64. The number of nitrogens with two attached hydrogens (primary N) is 1. The fourth-order valence-corrected chi connectivity index (χ4v) is 2.58. The molecule has 0 aliphatic carbocycles. The van der Waals surface area contributed by atoms with E-state index >= 15 is 0 Å². The highest BCUT2D eigenvalue weighted by Gasteiger charge is 2.14. The van der Waals surface area contributed by atoms with Crippen molar-refractivity contribution in [3.05, 3.63) is 47.4 Å². The Kier molecular flexibility index (Phi) is 5.46. The van der Waals surface area contributed by atoms with Crippen LogP contribution in [0.15, 0.2) is 36.8 Å². The fourth-order valence-electron chi connectivity index (χ4n) is 2.34. The third kappa shape index (κ3) is 4.12. The van der Waals surface area contributed by atoms with Crippen molar-refractivity contribution in [1.29, 1.82) is 0 Å². The minimum atomic E-state index is 0.328. The van der Waals surface area contributed by atoms with E-state index < -0.39 is 0 Å². The molecule has 0 atom stereocenters. The summed E-state index contributed by atoms with van der Waals surface area (Å²) in [6.45, 7) is 1.96. The second kappa shape index (κ2) is 7.96. The van der Waals surface area contributed by atoms with Crippen LogP contribution in [0.2, 0.25) is 5.02 Å². The molecule has 2 aromatic heterocycles. The average molecular weight is 387 g/mol. The summed E-state index contributed by atoms with van der Waals surface area (Å²) >= 11 is 6.21. The number of halogens is 1. The number of hydrogen-bond acceptors (Lipinski definition) is 8. The summed E-state index contributed by atoms with van der Waals surface area (Å²) in [7, 11) is 3.08. The number of pyridine rings is 1. The van der Waals surface area contributed by atoms with E-state index in [2.05, 4.69) is 25.6 Å². The lowest BCUT2D eigenvalue weighted by molar-refractivity contribution is 0.396. The third-order valence-corrected chi connectivity index (χ3v) is 4.06. The molecule has 0 aliphatic rings. The SMILES string of the molecule is COc1cc(OC)c(Nc2ncnc(Nc3ccc(C)cn3)c2N)cc1Cl. The van der Waals surface area contributed by atoms with E-state index in [1.807, 2.05) is 19.1 Å². The number of nitrogens with one attached hydrogen (secondary N) is 2. The van der Waals surface area contributed by atoms with E-state index in [-0.39, 0.29) is 0 Å². The lowest BCUT2D eigenvalue weighted by atomic mass is 10.2. The van der Waals surface area contributed by atoms with Crippen LogP contribution in [0.1, 0.15) is 5.56 Å². The van der Waals surface area contributed by atoms with Crippen molar-refractivity contribution in [2.45, 2.75) is 6.92 Å². The molecule has 3 aromatic rings. The van der Waals surface area contributed by atoms with Gasteiger partial charge in [0.2, 0.25) is 0 Å². The largest absolute Gasteiger partial charge is 0.495 e. The van der Waals surface area contributed by atoms with Crippen LogP contribution >= 0.6 is 11.6 Å². The highest BCUT2D eigenvalue weighted by molar-refractivity contribution is 6.32. The topological polar surface area (TPSA) is 107 Å². The molecular formula is C18H19ClN6O2. The Balaban J connectivity index is 1.90. The number of benzene rings is 1. The van der Waals surface area contributed by atoms with Crippen LogP contribution in [0.5, 0.6) is 11.5 Å². The number of nitrogen functional groups attached to an aromatic ring is 1. The highest BCUT2D eigenvalue weighted by atomic mass is 35.5. The van der Waals surface area contributed by atoms with Gasteiger partial charge in [0.15, 0.2) is 11.6 Å². The molecule has 0 amide bonds. The quantitative estimate of drug-likeness (QED) is 0.585. The lowest BCUT2D eigenvalue weighted by Crippen LogP contribution is -2.06. The van der Waals surface area contributed by atoms with Gasteiger partial charge in [0.05, 0.1) is 24.9 Å². The minimum Gasteiger partial charge on any atom is -0.495 e. The fraction of sp³-hybridized carbons (Fsp3) is 0.167.